The normalized spacial score (nSPS) is 12.0. The lowest BCUT2D eigenvalue weighted by Crippen LogP contribution is -2.28. The molecule has 4 nitrogen and oxygen atoms in total. The molecule has 0 aliphatic rings. The van der Waals surface area contributed by atoms with Gasteiger partial charge in [0.2, 0.25) is 0 Å². The van der Waals surface area contributed by atoms with Gasteiger partial charge in [0.1, 0.15) is 0 Å². The summed E-state index contributed by atoms with van der Waals surface area (Å²) in [4.78, 5) is 16.7. The van der Waals surface area contributed by atoms with Gasteiger partial charge in [0.05, 0.1) is 12.4 Å². The first kappa shape index (κ1) is 17.9. The van der Waals surface area contributed by atoms with Crippen LogP contribution >= 0.6 is 0 Å². The first-order chi connectivity index (χ1) is 12.6. The summed E-state index contributed by atoms with van der Waals surface area (Å²) in [5.74, 6) is -0.0361. The maximum Gasteiger partial charge on any atom is 0.251 e. The smallest absolute Gasteiger partial charge is 0.251 e. The van der Waals surface area contributed by atoms with Crippen molar-refractivity contribution < 1.29 is 4.79 Å². The Morgan fingerprint density at radius 2 is 1.92 bits per heavy atom. The molecule has 0 spiro atoms. The highest BCUT2D eigenvalue weighted by Crippen LogP contribution is 2.22. The van der Waals surface area contributed by atoms with Crippen LogP contribution < -0.4 is 5.32 Å². The number of amides is 1. The summed E-state index contributed by atoms with van der Waals surface area (Å²) in [7, 11) is 0. The zero-order valence-corrected chi connectivity index (χ0v) is 15.6. The zero-order valence-electron chi connectivity index (χ0n) is 15.6. The van der Waals surface area contributed by atoms with E-state index in [0.29, 0.717) is 5.56 Å². The van der Waals surface area contributed by atoms with Gasteiger partial charge in [-0.25, -0.2) is 4.98 Å². The highest BCUT2D eigenvalue weighted by molar-refractivity contribution is 5.94. The lowest BCUT2D eigenvalue weighted by Gasteiger charge is -2.20. The minimum absolute atomic E-state index is 0.0220. The molecule has 0 saturated carbocycles. The lowest BCUT2D eigenvalue weighted by molar-refractivity contribution is 0.0935. The van der Waals surface area contributed by atoms with Crippen molar-refractivity contribution in [2.45, 2.75) is 39.8 Å². The molecule has 1 aromatic heterocycles. The number of hydrogen-bond acceptors (Lipinski definition) is 2. The number of rotatable bonds is 6. The van der Waals surface area contributed by atoms with E-state index >= 15 is 0 Å². The third-order valence-corrected chi connectivity index (χ3v) is 4.65. The van der Waals surface area contributed by atoms with Gasteiger partial charge >= 0.3 is 0 Å². The predicted octanol–water partition coefficient (Wildman–Crippen LogP) is 4.43. The second-order valence-corrected chi connectivity index (χ2v) is 6.73. The van der Waals surface area contributed by atoms with Gasteiger partial charge < -0.3 is 9.88 Å². The Bertz CT molecular complexity index is 867. The molecule has 0 radical (unpaired) electrons. The third-order valence-electron chi connectivity index (χ3n) is 4.65. The zero-order chi connectivity index (χ0) is 18.5. The van der Waals surface area contributed by atoms with Crippen LogP contribution in [0.1, 0.15) is 52.0 Å². The molecule has 4 heteroatoms. The van der Waals surface area contributed by atoms with E-state index in [2.05, 4.69) is 49.3 Å². The molecule has 0 saturated heterocycles. The minimum atomic E-state index is -0.0361. The van der Waals surface area contributed by atoms with Crippen LogP contribution in [-0.4, -0.2) is 15.5 Å². The molecule has 1 amide bonds. The fourth-order valence-electron chi connectivity index (χ4n) is 3.21. The number of carbonyl (C=O) groups is 1. The molecule has 1 atom stereocenters. The number of carbonyl (C=O) groups excluding carboxylic acids is 1. The summed E-state index contributed by atoms with van der Waals surface area (Å²) in [6.45, 7) is 7.03. The molecule has 1 heterocycles. The van der Waals surface area contributed by atoms with E-state index in [4.69, 9.17) is 0 Å². The van der Waals surface area contributed by atoms with Crippen LogP contribution in [0.5, 0.6) is 0 Å². The molecule has 26 heavy (non-hydrogen) atoms. The van der Waals surface area contributed by atoms with E-state index in [1.165, 1.54) is 16.7 Å². The molecule has 134 valence electrons. The second-order valence-electron chi connectivity index (χ2n) is 6.73. The highest BCUT2D eigenvalue weighted by atomic mass is 16.1. The summed E-state index contributed by atoms with van der Waals surface area (Å²) in [6.07, 6.45) is 6.33. The Hall–Kier alpha value is -2.88. The quantitative estimate of drug-likeness (QED) is 0.717. The van der Waals surface area contributed by atoms with Crippen molar-refractivity contribution in [3.63, 3.8) is 0 Å². The molecule has 0 aliphatic heterocycles. The number of nitrogens with zero attached hydrogens (tertiary/aromatic N) is 2. The average Bonchev–Trinajstić information content (AvgIpc) is 3.13. The van der Waals surface area contributed by atoms with Crippen molar-refractivity contribution in [2.24, 2.45) is 0 Å². The van der Waals surface area contributed by atoms with Gasteiger partial charge in [0.25, 0.3) is 5.91 Å². The maximum atomic E-state index is 12.7. The van der Waals surface area contributed by atoms with Crippen molar-refractivity contribution in [3.05, 3.63) is 89.0 Å². The summed E-state index contributed by atoms with van der Waals surface area (Å²) in [5.41, 5.74) is 5.46. The topological polar surface area (TPSA) is 46.9 Å². The standard InChI is InChI=1S/C22H25N3O/c1-4-21(20-10-5-16(2)13-17(20)3)24-22(26)19-8-6-18(7-9-19)14-25-12-11-23-15-25/h5-13,15,21H,4,14H2,1-3H3,(H,24,26)/t21-/m0/s1. The van der Waals surface area contributed by atoms with Crippen molar-refractivity contribution >= 4 is 5.91 Å². The van der Waals surface area contributed by atoms with Crippen molar-refractivity contribution in [1.82, 2.24) is 14.9 Å². The fraction of sp³-hybridized carbons (Fsp3) is 0.273. The van der Waals surface area contributed by atoms with Crippen LogP contribution in [0.2, 0.25) is 0 Å². The Labute approximate surface area is 154 Å². The summed E-state index contributed by atoms with van der Waals surface area (Å²) < 4.78 is 2.00. The maximum absolute atomic E-state index is 12.7. The number of aryl methyl sites for hydroxylation is 2. The van der Waals surface area contributed by atoms with Crippen molar-refractivity contribution in [2.75, 3.05) is 0 Å². The summed E-state index contributed by atoms with van der Waals surface area (Å²) in [6, 6.07) is 14.2. The molecule has 1 N–H and O–H groups in total. The number of benzene rings is 2. The van der Waals surface area contributed by atoms with Crippen LogP contribution in [0.3, 0.4) is 0 Å². The van der Waals surface area contributed by atoms with Crippen LogP contribution in [0.15, 0.2) is 61.2 Å². The molecule has 0 unspecified atom stereocenters. The van der Waals surface area contributed by atoms with Gasteiger partial charge in [-0.2, -0.15) is 0 Å². The van der Waals surface area contributed by atoms with E-state index < -0.39 is 0 Å². The first-order valence-electron chi connectivity index (χ1n) is 8.99. The van der Waals surface area contributed by atoms with E-state index in [1.54, 1.807) is 12.5 Å². The van der Waals surface area contributed by atoms with Crippen LogP contribution in [0.4, 0.5) is 0 Å². The molecule has 2 aromatic carbocycles. The summed E-state index contributed by atoms with van der Waals surface area (Å²) in [5, 5.41) is 3.17. The molecule has 0 fully saturated rings. The summed E-state index contributed by atoms with van der Waals surface area (Å²) >= 11 is 0. The second kappa shape index (κ2) is 8.00. The number of nitrogens with one attached hydrogen (secondary N) is 1. The Morgan fingerprint density at radius 3 is 2.54 bits per heavy atom. The van der Waals surface area contributed by atoms with Gasteiger partial charge in [0.15, 0.2) is 0 Å². The van der Waals surface area contributed by atoms with Gasteiger partial charge in [-0.15, -0.1) is 0 Å². The largest absolute Gasteiger partial charge is 0.345 e. The monoisotopic (exact) mass is 347 g/mol. The molecule has 0 bridgehead atoms. The number of hydrogen-bond donors (Lipinski definition) is 1. The Balaban J connectivity index is 1.69. The molecular formula is C22H25N3O. The third kappa shape index (κ3) is 4.20. The van der Waals surface area contributed by atoms with Gasteiger partial charge in [-0.05, 0) is 49.1 Å². The van der Waals surface area contributed by atoms with E-state index in [9.17, 15) is 4.79 Å². The SMILES string of the molecule is CC[C@H](NC(=O)c1ccc(Cn2ccnc2)cc1)c1ccc(C)cc1C. The van der Waals surface area contributed by atoms with E-state index in [1.807, 2.05) is 35.0 Å². The van der Waals surface area contributed by atoms with E-state index in [0.717, 1.165) is 18.5 Å². The van der Waals surface area contributed by atoms with E-state index in [-0.39, 0.29) is 11.9 Å². The molecule has 3 rings (SSSR count). The van der Waals surface area contributed by atoms with Gasteiger partial charge in [-0.1, -0.05) is 42.8 Å². The van der Waals surface area contributed by atoms with Crippen LogP contribution in [0, 0.1) is 13.8 Å². The Kier molecular flexibility index (Phi) is 5.52. The average molecular weight is 347 g/mol. The fourth-order valence-corrected chi connectivity index (χ4v) is 3.21. The molecule has 0 aliphatic carbocycles. The lowest BCUT2D eigenvalue weighted by atomic mass is 9.97. The first-order valence-corrected chi connectivity index (χ1v) is 8.99. The van der Waals surface area contributed by atoms with Crippen molar-refractivity contribution in [3.8, 4) is 0 Å². The molecule has 3 aromatic rings. The van der Waals surface area contributed by atoms with Crippen LogP contribution in [0.25, 0.3) is 0 Å². The van der Waals surface area contributed by atoms with Crippen LogP contribution in [-0.2, 0) is 6.54 Å². The minimum Gasteiger partial charge on any atom is -0.345 e. The van der Waals surface area contributed by atoms with Crippen molar-refractivity contribution in [1.29, 1.82) is 0 Å². The highest BCUT2D eigenvalue weighted by Gasteiger charge is 2.16. The number of imidazole rings is 1. The number of aromatic nitrogens is 2. The Morgan fingerprint density at radius 1 is 1.15 bits per heavy atom. The van der Waals surface area contributed by atoms with Gasteiger partial charge in [0, 0.05) is 24.5 Å². The van der Waals surface area contributed by atoms with Gasteiger partial charge in [-0.3, -0.25) is 4.79 Å². The predicted molar refractivity (Wildman–Crippen MR) is 104 cm³/mol. The molecular weight excluding hydrogens is 322 g/mol.